The normalized spacial score (nSPS) is 11.0. The molecule has 0 radical (unpaired) electrons. The van der Waals surface area contributed by atoms with Crippen molar-refractivity contribution in [1.82, 2.24) is 19.3 Å². The number of carbonyl (C=O) groups excluding carboxylic acids is 1. The van der Waals surface area contributed by atoms with Gasteiger partial charge in [-0.05, 0) is 42.3 Å². The van der Waals surface area contributed by atoms with Crippen molar-refractivity contribution in [3.8, 4) is 0 Å². The zero-order valence-electron chi connectivity index (χ0n) is 17.7. The van der Waals surface area contributed by atoms with Crippen molar-refractivity contribution in [2.45, 2.75) is 20.0 Å². The van der Waals surface area contributed by atoms with Crippen LogP contribution in [0, 0.1) is 6.92 Å². The zero-order chi connectivity index (χ0) is 23.7. The molecule has 33 heavy (non-hydrogen) atoms. The van der Waals surface area contributed by atoms with Gasteiger partial charge in [0.05, 0.1) is 16.6 Å². The maximum Gasteiger partial charge on any atom is 0.336 e. The average molecular weight is 504 g/mol. The molecular formula is C22H19Cl2N5O3S. The van der Waals surface area contributed by atoms with Crippen LogP contribution < -0.4 is 21.9 Å². The Bertz CT molecular complexity index is 1490. The van der Waals surface area contributed by atoms with Gasteiger partial charge in [0.2, 0.25) is 0 Å². The van der Waals surface area contributed by atoms with E-state index in [-0.39, 0.29) is 12.5 Å². The fourth-order valence-corrected chi connectivity index (χ4v) is 4.64. The number of nitrogens with one attached hydrogen (secondary N) is 2. The molecule has 11 heteroatoms. The average Bonchev–Trinajstić information content (AvgIpc) is 3.27. The highest BCUT2D eigenvalue weighted by atomic mass is 35.5. The quantitative estimate of drug-likeness (QED) is 0.419. The summed E-state index contributed by atoms with van der Waals surface area (Å²) in [6.45, 7) is 1.96. The number of aromatic nitrogens is 3. The van der Waals surface area contributed by atoms with Gasteiger partial charge >= 0.3 is 5.69 Å². The van der Waals surface area contributed by atoms with E-state index in [2.05, 4.69) is 15.6 Å². The Kier molecular flexibility index (Phi) is 6.55. The molecule has 0 bridgehead atoms. The molecule has 0 aliphatic heterocycles. The van der Waals surface area contributed by atoms with Gasteiger partial charge in [0.1, 0.15) is 15.5 Å². The van der Waals surface area contributed by atoms with Crippen LogP contribution in [0.4, 0.5) is 5.82 Å². The van der Waals surface area contributed by atoms with Crippen LogP contribution in [0.1, 0.15) is 26.4 Å². The van der Waals surface area contributed by atoms with Gasteiger partial charge in [0, 0.05) is 31.5 Å². The first kappa shape index (κ1) is 23.0. The molecule has 0 aliphatic carbocycles. The summed E-state index contributed by atoms with van der Waals surface area (Å²) >= 11 is 13.1. The minimum absolute atomic E-state index is 0.0333. The number of aryl methyl sites for hydroxylation is 1. The van der Waals surface area contributed by atoms with E-state index in [1.807, 2.05) is 6.07 Å². The zero-order valence-corrected chi connectivity index (χ0v) is 20.0. The monoisotopic (exact) mass is 503 g/mol. The topological polar surface area (TPSA) is 97.5 Å². The molecule has 0 aliphatic rings. The lowest BCUT2D eigenvalue weighted by atomic mass is 10.2. The molecule has 0 spiro atoms. The number of amides is 1. The molecule has 2 N–H and O–H groups in total. The maximum absolute atomic E-state index is 13.1. The molecule has 8 nitrogen and oxygen atoms in total. The highest BCUT2D eigenvalue weighted by molar-refractivity contribution is 7.19. The Morgan fingerprint density at radius 2 is 1.91 bits per heavy atom. The van der Waals surface area contributed by atoms with Crippen molar-refractivity contribution >= 4 is 51.1 Å². The highest BCUT2D eigenvalue weighted by Crippen LogP contribution is 2.23. The van der Waals surface area contributed by atoms with E-state index in [1.165, 1.54) is 10.6 Å². The molecule has 0 atom stereocenters. The van der Waals surface area contributed by atoms with Crippen LogP contribution in [0.5, 0.6) is 0 Å². The van der Waals surface area contributed by atoms with Crippen LogP contribution >= 0.6 is 34.5 Å². The summed E-state index contributed by atoms with van der Waals surface area (Å²) in [5.41, 5.74) is 0.963. The van der Waals surface area contributed by atoms with E-state index in [0.29, 0.717) is 43.2 Å². The Morgan fingerprint density at radius 3 is 2.64 bits per heavy atom. The van der Waals surface area contributed by atoms with Gasteiger partial charge in [0.15, 0.2) is 0 Å². The second kappa shape index (κ2) is 9.38. The SMILES string of the molecule is CNc1cc(CNC(=O)c2cn3c(=O)n(Cc4ccc(Cl)c(Cl)c4)c(=O)c(C)c3s2)ccn1. The molecule has 0 saturated carbocycles. The second-order valence-electron chi connectivity index (χ2n) is 7.30. The van der Waals surface area contributed by atoms with E-state index in [9.17, 15) is 14.4 Å². The van der Waals surface area contributed by atoms with Gasteiger partial charge in [-0.3, -0.25) is 18.6 Å². The van der Waals surface area contributed by atoms with Crippen LogP contribution in [0.3, 0.4) is 0 Å². The number of nitrogens with zero attached hydrogens (tertiary/aromatic N) is 3. The van der Waals surface area contributed by atoms with E-state index in [4.69, 9.17) is 23.2 Å². The smallest absolute Gasteiger partial charge is 0.336 e. The first-order chi connectivity index (χ1) is 15.8. The van der Waals surface area contributed by atoms with Crippen molar-refractivity contribution < 1.29 is 4.79 Å². The van der Waals surface area contributed by atoms with Crippen molar-refractivity contribution in [2.24, 2.45) is 0 Å². The van der Waals surface area contributed by atoms with Crippen LogP contribution in [0.25, 0.3) is 4.83 Å². The summed E-state index contributed by atoms with van der Waals surface area (Å²) in [5, 5.41) is 6.51. The van der Waals surface area contributed by atoms with E-state index in [1.54, 1.807) is 44.4 Å². The third-order valence-corrected chi connectivity index (χ3v) is 7.02. The van der Waals surface area contributed by atoms with Crippen molar-refractivity contribution in [3.63, 3.8) is 0 Å². The summed E-state index contributed by atoms with van der Waals surface area (Å²) in [6.07, 6.45) is 3.11. The number of carbonyl (C=O) groups is 1. The molecule has 3 heterocycles. The minimum atomic E-state index is -0.533. The number of hydrogen-bond acceptors (Lipinski definition) is 6. The van der Waals surface area contributed by atoms with Gasteiger partial charge in [0.25, 0.3) is 11.5 Å². The van der Waals surface area contributed by atoms with Crippen molar-refractivity contribution in [1.29, 1.82) is 0 Å². The largest absolute Gasteiger partial charge is 0.373 e. The van der Waals surface area contributed by atoms with Gasteiger partial charge in [-0.1, -0.05) is 29.3 Å². The molecular weight excluding hydrogens is 485 g/mol. The lowest BCUT2D eigenvalue weighted by Gasteiger charge is -2.08. The number of thiazole rings is 1. The minimum Gasteiger partial charge on any atom is -0.373 e. The van der Waals surface area contributed by atoms with E-state index >= 15 is 0 Å². The third-order valence-electron chi connectivity index (χ3n) is 5.08. The van der Waals surface area contributed by atoms with Crippen molar-refractivity contribution in [3.05, 3.63) is 95.2 Å². The van der Waals surface area contributed by atoms with Crippen LogP contribution in [-0.2, 0) is 13.1 Å². The highest BCUT2D eigenvalue weighted by Gasteiger charge is 2.18. The molecule has 1 amide bonds. The fraction of sp³-hybridized carbons (Fsp3) is 0.182. The number of benzene rings is 1. The Labute approximate surface area is 202 Å². The number of pyridine rings is 1. The van der Waals surface area contributed by atoms with Gasteiger partial charge in [-0.15, -0.1) is 11.3 Å². The number of hydrogen-bond donors (Lipinski definition) is 2. The van der Waals surface area contributed by atoms with E-state index < -0.39 is 11.2 Å². The molecule has 0 unspecified atom stereocenters. The summed E-state index contributed by atoms with van der Waals surface area (Å²) < 4.78 is 2.45. The molecule has 170 valence electrons. The number of anilines is 1. The Balaban J connectivity index is 1.64. The van der Waals surface area contributed by atoms with Crippen molar-refractivity contribution in [2.75, 3.05) is 12.4 Å². The predicted molar refractivity (Wildman–Crippen MR) is 131 cm³/mol. The third kappa shape index (κ3) is 4.66. The molecule has 4 rings (SSSR count). The van der Waals surface area contributed by atoms with Crippen LogP contribution in [0.15, 0.2) is 52.3 Å². The molecule has 0 saturated heterocycles. The number of halogens is 2. The fourth-order valence-electron chi connectivity index (χ4n) is 3.32. The standard InChI is InChI=1S/C22H19Cl2N5O3S/c1-12-20(31)28(10-14-3-4-15(23)16(24)7-14)22(32)29-11-17(33-21(12)29)19(30)27-9-13-5-6-26-18(8-13)25-2/h3-8,11H,9-10H2,1-2H3,(H,25,26)(H,27,30). The number of fused-ring (bicyclic) bond motifs is 1. The molecule has 0 fully saturated rings. The maximum atomic E-state index is 13.1. The first-order valence-corrected chi connectivity index (χ1v) is 11.5. The summed E-state index contributed by atoms with van der Waals surface area (Å²) in [7, 11) is 1.76. The number of rotatable bonds is 6. The summed E-state index contributed by atoms with van der Waals surface area (Å²) in [5.74, 6) is 0.356. The van der Waals surface area contributed by atoms with E-state index in [0.717, 1.165) is 21.5 Å². The Morgan fingerprint density at radius 1 is 1.12 bits per heavy atom. The van der Waals surface area contributed by atoms with Crippen LogP contribution in [-0.4, -0.2) is 26.9 Å². The summed E-state index contributed by atoms with van der Waals surface area (Å²) in [4.78, 5) is 43.6. The Hall–Kier alpha value is -3.14. The molecule has 4 aromatic rings. The summed E-state index contributed by atoms with van der Waals surface area (Å²) in [6, 6.07) is 8.56. The lowest BCUT2D eigenvalue weighted by molar-refractivity contribution is 0.0954. The van der Waals surface area contributed by atoms with Gasteiger partial charge in [-0.2, -0.15) is 0 Å². The van der Waals surface area contributed by atoms with Crippen LogP contribution in [0.2, 0.25) is 10.0 Å². The predicted octanol–water partition coefficient (Wildman–Crippen LogP) is 3.55. The molecule has 3 aromatic heterocycles. The first-order valence-electron chi connectivity index (χ1n) is 9.89. The van der Waals surface area contributed by atoms with Gasteiger partial charge in [-0.25, -0.2) is 9.78 Å². The lowest BCUT2D eigenvalue weighted by Crippen LogP contribution is -2.38. The second-order valence-corrected chi connectivity index (χ2v) is 9.14. The van der Waals surface area contributed by atoms with Gasteiger partial charge < -0.3 is 10.6 Å². The molecule has 1 aromatic carbocycles.